The predicted molar refractivity (Wildman–Crippen MR) is 109 cm³/mol. The minimum absolute atomic E-state index is 0.0642. The van der Waals surface area contributed by atoms with Crippen molar-refractivity contribution < 1.29 is 22.4 Å². The van der Waals surface area contributed by atoms with Crippen molar-refractivity contribution >= 4 is 27.5 Å². The van der Waals surface area contributed by atoms with E-state index in [1.807, 2.05) is 0 Å². The molecule has 0 radical (unpaired) electrons. The molecule has 0 spiro atoms. The van der Waals surface area contributed by atoms with Crippen molar-refractivity contribution in [3.05, 3.63) is 59.9 Å². The van der Waals surface area contributed by atoms with E-state index in [-0.39, 0.29) is 28.4 Å². The summed E-state index contributed by atoms with van der Waals surface area (Å²) < 4.78 is 40.2. The maximum atomic E-state index is 13.0. The van der Waals surface area contributed by atoms with Gasteiger partial charge in [0.15, 0.2) is 0 Å². The zero-order valence-corrected chi connectivity index (χ0v) is 17.0. The normalized spacial score (nSPS) is 18.8. The van der Waals surface area contributed by atoms with Gasteiger partial charge in [0.25, 0.3) is 15.9 Å². The Morgan fingerprint density at radius 1 is 0.967 bits per heavy atom. The molecule has 2 aliphatic rings. The Morgan fingerprint density at radius 3 is 2.27 bits per heavy atom. The highest BCUT2D eigenvalue weighted by Gasteiger charge is 2.36. The summed E-state index contributed by atoms with van der Waals surface area (Å²) in [5.74, 6) is -0.883. The van der Waals surface area contributed by atoms with Gasteiger partial charge in [-0.2, -0.15) is 0 Å². The molecule has 0 bridgehead atoms. The lowest BCUT2D eigenvalue weighted by molar-refractivity contribution is -0.125. The lowest BCUT2D eigenvalue weighted by atomic mass is 10.1. The maximum Gasteiger partial charge on any atom is 0.261 e. The summed E-state index contributed by atoms with van der Waals surface area (Å²) in [5.41, 5.74) is 0.658. The van der Waals surface area contributed by atoms with Crippen LogP contribution in [0, 0.1) is 5.82 Å². The van der Waals surface area contributed by atoms with Gasteiger partial charge < -0.3 is 10.2 Å². The zero-order chi connectivity index (χ0) is 21.3. The second-order valence-electron chi connectivity index (χ2n) is 7.58. The van der Waals surface area contributed by atoms with E-state index in [0.29, 0.717) is 18.5 Å². The van der Waals surface area contributed by atoms with E-state index >= 15 is 0 Å². The van der Waals surface area contributed by atoms with Gasteiger partial charge in [0.1, 0.15) is 11.9 Å². The molecule has 1 unspecified atom stereocenters. The van der Waals surface area contributed by atoms with Crippen LogP contribution in [0.25, 0.3) is 0 Å². The van der Waals surface area contributed by atoms with Crippen LogP contribution >= 0.6 is 0 Å². The van der Waals surface area contributed by atoms with Gasteiger partial charge in [0.05, 0.1) is 4.90 Å². The molecule has 9 heteroatoms. The van der Waals surface area contributed by atoms with Gasteiger partial charge in [0, 0.05) is 23.8 Å². The van der Waals surface area contributed by atoms with Crippen molar-refractivity contribution in [3.63, 3.8) is 0 Å². The quantitative estimate of drug-likeness (QED) is 0.735. The van der Waals surface area contributed by atoms with Crippen LogP contribution < -0.4 is 10.0 Å². The summed E-state index contributed by atoms with van der Waals surface area (Å²) in [6.07, 6.45) is 3.38. The molecule has 1 saturated carbocycles. The Hall–Kier alpha value is -2.94. The Morgan fingerprint density at radius 2 is 1.63 bits per heavy atom. The predicted octanol–water partition coefficient (Wildman–Crippen LogP) is 2.51. The third-order valence-electron chi connectivity index (χ3n) is 5.25. The summed E-state index contributed by atoms with van der Waals surface area (Å²) in [5, 5.41) is 2.95. The molecular formula is C21H22FN3O4S. The molecule has 1 saturated heterocycles. The average molecular weight is 431 g/mol. The highest BCUT2D eigenvalue weighted by atomic mass is 32.2. The third-order valence-corrected chi connectivity index (χ3v) is 6.65. The molecule has 1 atom stereocenters. The lowest BCUT2D eigenvalue weighted by Crippen LogP contribution is -2.46. The molecular weight excluding hydrogens is 409 g/mol. The minimum Gasteiger partial charge on any atom is -0.352 e. The first-order valence-corrected chi connectivity index (χ1v) is 11.3. The van der Waals surface area contributed by atoms with E-state index in [9.17, 15) is 22.4 Å². The topological polar surface area (TPSA) is 95.6 Å². The molecule has 7 nitrogen and oxygen atoms in total. The number of sulfonamides is 1. The van der Waals surface area contributed by atoms with Crippen molar-refractivity contribution in [1.29, 1.82) is 0 Å². The molecule has 1 aliphatic heterocycles. The fourth-order valence-corrected chi connectivity index (χ4v) is 4.54. The van der Waals surface area contributed by atoms with Gasteiger partial charge in [-0.25, -0.2) is 12.8 Å². The van der Waals surface area contributed by atoms with Crippen LogP contribution in [0.5, 0.6) is 0 Å². The van der Waals surface area contributed by atoms with Crippen LogP contribution in [-0.2, 0) is 14.8 Å². The Bertz CT molecular complexity index is 1050. The Balaban J connectivity index is 1.44. The van der Waals surface area contributed by atoms with Crippen molar-refractivity contribution in [2.45, 2.75) is 42.7 Å². The van der Waals surface area contributed by atoms with E-state index in [0.717, 1.165) is 31.4 Å². The van der Waals surface area contributed by atoms with Crippen LogP contribution in [-0.4, -0.2) is 43.8 Å². The Labute approximate surface area is 174 Å². The van der Waals surface area contributed by atoms with Crippen LogP contribution in [0.4, 0.5) is 10.1 Å². The number of carbonyl (C=O) groups excluding carboxylic acids is 2. The number of anilines is 1. The molecule has 2 amide bonds. The second-order valence-corrected chi connectivity index (χ2v) is 9.26. The first kappa shape index (κ1) is 20.3. The monoisotopic (exact) mass is 431 g/mol. The van der Waals surface area contributed by atoms with Crippen LogP contribution in [0.3, 0.4) is 0 Å². The smallest absolute Gasteiger partial charge is 0.261 e. The number of rotatable bonds is 6. The molecule has 158 valence electrons. The summed E-state index contributed by atoms with van der Waals surface area (Å²) in [4.78, 5) is 26.8. The van der Waals surface area contributed by atoms with Gasteiger partial charge in [-0.05, 0) is 74.2 Å². The maximum absolute atomic E-state index is 13.0. The standard InChI is InChI=1S/C21H22FN3O4S/c22-15-5-11-18(12-6-15)30(28,29)24-17-7-3-14(4-8-17)21(27)25-13-1-2-19(25)20(26)23-16-9-10-16/h3-8,11-12,16,19,24H,1-2,9-10,13H2,(H,23,26). The highest BCUT2D eigenvalue weighted by Crippen LogP contribution is 2.24. The first-order chi connectivity index (χ1) is 14.3. The zero-order valence-electron chi connectivity index (χ0n) is 16.2. The molecule has 2 aromatic carbocycles. The first-order valence-electron chi connectivity index (χ1n) is 9.83. The van der Waals surface area contributed by atoms with E-state index in [1.165, 1.54) is 36.4 Å². The number of likely N-dealkylation sites (tertiary alicyclic amines) is 1. The summed E-state index contributed by atoms with van der Waals surface area (Å²) >= 11 is 0. The van der Waals surface area contributed by atoms with Crippen LogP contribution in [0.15, 0.2) is 53.4 Å². The van der Waals surface area contributed by atoms with Gasteiger partial charge in [-0.1, -0.05) is 0 Å². The molecule has 2 N–H and O–H groups in total. The van der Waals surface area contributed by atoms with Gasteiger partial charge in [-0.15, -0.1) is 0 Å². The number of nitrogens with zero attached hydrogens (tertiary/aromatic N) is 1. The highest BCUT2D eigenvalue weighted by molar-refractivity contribution is 7.92. The SMILES string of the molecule is O=C(NC1CC1)C1CCCN1C(=O)c1ccc(NS(=O)(=O)c2ccc(F)cc2)cc1. The molecule has 2 fully saturated rings. The number of halogens is 1. The summed E-state index contributed by atoms with van der Waals surface area (Å²) in [7, 11) is -3.87. The number of hydrogen-bond acceptors (Lipinski definition) is 4. The van der Waals surface area contributed by atoms with Crippen molar-refractivity contribution in [2.24, 2.45) is 0 Å². The molecule has 2 aromatic rings. The van der Waals surface area contributed by atoms with E-state index in [4.69, 9.17) is 0 Å². The molecule has 1 heterocycles. The largest absolute Gasteiger partial charge is 0.352 e. The molecule has 0 aromatic heterocycles. The van der Waals surface area contributed by atoms with Gasteiger partial charge in [-0.3, -0.25) is 14.3 Å². The number of benzene rings is 2. The van der Waals surface area contributed by atoms with Crippen molar-refractivity contribution in [1.82, 2.24) is 10.2 Å². The van der Waals surface area contributed by atoms with Crippen molar-refractivity contribution in [2.75, 3.05) is 11.3 Å². The van der Waals surface area contributed by atoms with Gasteiger partial charge >= 0.3 is 0 Å². The lowest BCUT2D eigenvalue weighted by Gasteiger charge is -2.24. The average Bonchev–Trinajstić information content (AvgIpc) is 3.39. The fourth-order valence-electron chi connectivity index (χ4n) is 3.48. The van der Waals surface area contributed by atoms with E-state index < -0.39 is 21.9 Å². The van der Waals surface area contributed by atoms with Crippen molar-refractivity contribution in [3.8, 4) is 0 Å². The number of amides is 2. The Kier molecular flexibility index (Phi) is 5.46. The minimum atomic E-state index is -3.87. The van der Waals surface area contributed by atoms with Crippen LogP contribution in [0.2, 0.25) is 0 Å². The number of carbonyl (C=O) groups is 2. The summed E-state index contributed by atoms with van der Waals surface area (Å²) in [6.45, 7) is 0.514. The fraction of sp³-hybridized carbons (Fsp3) is 0.333. The molecule has 1 aliphatic carbocycles. The molecule has 4 rings (SSSR count). The summed E-state index contributed by atoms with van der Waals surface area (Å²) in [6, 6.07) is 10.3. The van der Waals surface area contributed by atoms with Gasteiger partial charge in [0.2, 0.25) is 5.91 Å². The van der Waals surface area contributed by atoms with E-state index in [1.54, 1.807) is 4.90 Å². The number of nitrogens with one attached hydrogen (secondary N) is 2. The van der Waals surface area contributed by atoms with Crippen LogP contribution in [0.1, 0.15) is 36.0 Å². The third kappa shape index (κ3) is 4.46. The molecule has 30 heavy (non-hydrogen) atoms. The van der Waals surface area contributed by atoms with E-state index in [2.05, 4.69) is 10.0 Å². The second kappa shape index (κ2) is 8.06. The number of hydrogen-bond donors (Lipinski definition) is 2.